The molecule has 6 heteroatoms. The third kappa shape index (κ3) is 2.38. The van der Waals surface area contributed by atoms with Gasteiger partial charge in [-0.25, -0.2) is 0 Å². The van der Waals surface area contributed by atoms with Gasteiger partial charge in [0.2, 0.25) is 0 Å². The van der Waals surface area contributed by atoms with Gasteiger partial charge >= 0.3 is 6.18 Å². The minimum Gasteiger partial charge on any atom is -0.411 e. The quantitative estimate of drug-likeness (QED) is 0.443. The molecule has 0 spiro atoms. The highest BCUT2D eigenvalue weighted by Crippen LogP contribution is 2.31. The van der Waals surface area contributed by atoms with Crippen molar-refractivity contribution in [1.29, 1.82) is 0 Å². The van der Waals surface area contributed by atoms with E-state index in [2.05, 4.69) is 5.16 Å². The van der Waals surface area contributed by atoms with E-state index in [0.717, 1.165) is 24.4 Å². The second kappa shape index (κ2) is 3.88. The fourth-order valence-corrected chi connectivity index (χ4v) is 1.05. The van der Waals surface area contributed by atoms with Crippen LogP contribution in [0.1, 0.15) is 11.1 Å². The van der Waals surface area contributed by atoms with E-state index in [-0.39, 0.29) is 10.6 Å². The molecule has 0 atom stereocenters. The fourth-order valence-electron chi connectivity index (χ4n) is 0.881. The molecular formula is C8H5ClF3NO. The van der Waals surface area contributed by atoms with Crippen LogP contribution in [0.5, 0.6) is 0 Å². The van der Waals surface area contributed by atoms with Crippen LogP contribution in [-0.4, -0.2) is 11.4 Å². The summed E-state index contributed by atoms with van der Waals surface area (Å²) in [5.41, 5.74) is -0.819. The van der Waals surface area contributed by atoms with Gasteiger partial charge in [-0.1, -0.05) is 16.8 Å². The lowest BCUT2D eigenvalue weighted by Gasteiger charge is -2.07. The van der Waals surface area contributed by atoms with Crippen molar-refractivity contribution in [3.63, 3.8) is 0 Å². The zero-order chi connectivity index (χ0) is 10.8. The smallest absolute Gasteiger partial charge is 0.411 e. The van der Waals surface area contributed by atoms with Gasteiger partial charge in [-0.15, -0.1) is 0 Å². The van der Waals surface area contributed by atoms with Crippen molar-refractivity contribution in [2.45, 2.75) is 6.18 Å². The summed E-state index contributed by atoms with van der Waals surface area (Å²) in [4.78, 5) is 0. The van der Waals surface area contributed by atoms with Gasteiger partial charge in [-0.2, -0.15) is 13.2 Å². The average molecular weight is 224 g/mol. The van der Waals surface area contributed by atoms with Gasteiger partial charge < -0.3 is 5.21 Å². The van der Waals surface area contributed by atoms with Gasteiger partial charge in [0.15, 0.2) is 0 Å². The molecule has 76 valence electrons. The Morgan fingerprint density at radius 2 is 2.00 bits per heavy atom. The number of benzene rings is 1. The van der Waals surface area contributed by atoms with E-state index in [1.54, 1.807) is 0 Å². The van der Waals surface area contributed by atoms with Crippen molar-refractivity contribution in [1.82, 2.24) is 0 Å². The van der Waals surface area contributed by atoms with Crippen molar-refractivity contribution in [3.05, 3.63) is 34.3 Å². The average Bonchev–Trinajstić information content (AvgIpc) is 2.07. The van der Waals surface area contributed by atoms with Crippen molar-refractivity contribution in [3.8, 4) is 0 Å². The van der Waals surface area contributed by atoms with Crippen molar-refractivity contribution in [2.75, 3.05) is 0 Å². The van der Waals surface area contributed by atoms with E-state index >= 15 is 0 Å². The lowest BCUT2D eigenvalue weighted by atomic mass is 10.1. The predicted octanol–water partition coefficient (Wildman–Crippen LogP) is 3.17. The van der Waals surface area contributed by atoms with Gasteiger partial charge in [0.05, 0.1) is 11.8 Å². The molecule has 0 radical (unpaired) electrons. The number of halogens is 4. The number of rotatable bonds is 1. The number of hydrogen-bond acceptors (Lipinski definition) is 2. The number of alkyl halides is 3. The Morgan fingerprint density at radius 1 is 1.36 bits per heavy atom. The standard InChI is InChI=1S/C8H5ClF3NO/c9-7-2-1-6(8(10,11)12)3-5(7)4-13-14/h1-4,14H/b13-4-. The topological polar surface area (TPSA) is 32.6 Å². The van der Waals surface area contributed by atoms with Crippen LogP contribution in [0.25, 0.3) is 0 Å². The third-order valence-corrected chi connectivity index (χ3v) is 1.86. The first-order valence-corrected chi connectivity index (χ1v) is 3.87. The maximum Gasteiger partial charge on any atom is 0.416 e. The minimum absolute atomic E-state index is 0.0176. The number of hydrogen-bond donors (Lipinski definition) is 1. The number of nitrogens with zero attached hydrogens (tertiary/aromatic N) is 1. The largest absolute Gasteiger partial charge is 0.416 e. The summed E-state index contributed by atoms with van der Waals surface area (Å²) in [6, 6.07) is 2.76. The fraction of sp³-hybridized carbons (Fsp3) is 0.125. The van der Waals surface area contributed by atoms with Crippen LogP contribution in [0.4, 0.5) is 13.2 Å². The van der Waals surface area contributed by atoms with E-state index in [4.69, 9.17) is 16.8 Å². The van der Waals surface area contributed by atoms with E-state index in [9.17, 15) is 13.2 Å². The van der Waals surface area contributed by atoms with Crippen LogP contribution < -0.4 is 0 Å². The molecule has 14 heavy (non-hydrogen) atoms. The first kappa shape index (κ1) is 10.8. The Balaban J connectivity index is 3.19. The zero-order valence-corrected chi connectivity index (χ0v) is 7.47. The second-order valence-electron chi connectivity index (χ2n) is 2.48. The predicted molar refractivity (Wildman–Crippen MR) is 45.8 cm³/mol. The summed E-state index contributed by atoms with van der Waals surface area (Å²) >= 11 is 5.56. The maximum absolute atomic E-state index is 12.2. The highest BCUT2D eigenvalue weighted by molar-refractivity contribution is 6.33. The summed E-state index contributed by atoms with van der Waals surface area (Å²) in [6.07, 6.45) is -3.58. The summed E-state index contributed by atoms with van der Waals surface area (Å²) in [5.74, 6) is 0. The van der Waals surface area contributed by atoms with E-state index in [1.807, 2.05) is 0 Å². The van der Waals surface area contributed by atoms with Gasteiger partial charge in [0.25, 0.3) is 0 Å². The molecule has 0 unspecified atom stereocenters. The van der Waals surface area contributed by atoms with Crippen LogP contribution in [0.15, 0.2) is 23.4 Å². The molecule has 1 N–H and O–H groups in total. The number of oxime groups is 1. The Morgan fingerprint density at radius 3 is 2.50 bits per heavy atom. The maximum atomic E-state index is 12.2. The van der Waals surface area contributed by atoms with Crippen LogP contribution in [0.3, 0.4) is 0 Å². The van der Waals surface area contributed by atoms with Crippen molar-refractivity contribution >= 4 is 17.8 Å². The molecular weight excluding hydrogens is 219 g/mol. The highest BCUT2D eigenvalue weighted by atomic mass is 35.5. The summed E-state index contributed by atoms with van der Waals surface area (Å²) in [7, 11) is 0. The molecule has 1 aromatic carbocycles. The third-order valence-electron chi connectivity index (χ3n) is 1.52. The van der Waals surface area contributed by atoms with Crippen LogP contribution in [0.2, 0.25) is 5.02 Å². The molecule has 0 aromatic heterocycles. The molecule has 0 amide bonds. The van der Waals surface area contributed by atoms with Gasteiger partial charge in [0, 0.05) is 10.6 Å². The molecule has 1 aromatic rings. The SMILES string of the molecule is O/N=C\c1cc(C(F)(F)F)ccc1Cl. The highest BCUT2D eigenvalue weighted by Gasteiger charge is 2.30. The second-order valence-corrected chi connectivity index (χ2v) is 2.89. The van der Waals surface area contributed by atoms with Gasteiger partial charge in [-0.3, -0.25) is 0 Å². The molecule has 2 nitrogen and oxygen atoms in total. The molecule has 0 bridgehead atoms. The first-order chi connectivity index (χ1) is 6.45. The molecule has 0 aliphatic rings. The Kier molecular flexibility index (Phi) is 3.00. The lowest BCUT2D eigenvalue weighted by molar-refractivity contribution is -0.137. The summed E-state index contributed by atoms with van der Waals surface area (Å²) < 4.78 is 36.6. The van der Waals surface area contributed by atoms with Crippen molar-refractivity contribution < 1.29 is 18.4 Å². The Labute approximate surface area is 82.6 Å². The minimum atomic E-state index is -4.43. The molecule has 0 saturated heterocycles. The molecule has 0 fully saturated rings. The van der Waals surface area contributed by atoms with E-state index in [0.29, 0.717) is 0 Å². The zero-order valence-electron chi connectivity index (χ0n) is 6.72. The normalized spacial score (nSPS) is 12.3. The van der Waals surface area contributed by atoms with Crippen LogP contribution in [-0.2, 0) is 6.18 Å². The van der Waals surface area contributed by atoms with E-state index < -0.39 is 11.7 Å². The molecule has 0 aliphatic carbocycles. The van der Waals surface area contributed by atoms with Crippen molar-refractivity contribution in [2.24, 2.45) is 5.16 Å². The first-order valence-electron chi connectivity index (χ1n) is 3.49. The molecule has 1 rings (SSSR count). The van der Waals surface area contributed by atoms with E-state index in [1.165, 1.54) is 0 Å². The summed E-state index contributed by atoms with van der Waals surface area (Å²) in [6.45, 7) is 0. The van der Waals surface area contributed by atoms with Crippen LogP contribution >= 0.6 is 11.6 Å². The Hall–Kier alpha value is -1.23. The molecule has 0 aliphatic heterocycles. The lowest BCUT2D eigenvalue weighted by Crippen LogP contribution is -2.05. The molecule has 0 saturated carbocycles. The van der Waals surface area contributed by atoms with Gasteiger partial charge in [-0.05, 0) is 18.2 Å². The Bertz CT molecular complexity index is 362. The summed E-state index contributed by atoms with van der Waals surface area (Å²) in [5, 5.41) is 10.9. The van der Waals surface area contributed by atoms with Gasteiger partial charge in [0.1, 0.15) is 0 Å². The molecule has 0 heterocycles. The monoisotopic (exact) mass is 223 g/mol. The van der Waals surface area contributed by atoms with Crippen LogP contribution in [0, 0.1) is 0 Å².